The molecule has 0 unspecified atom stereocenters. The first-order valence-electron chi connectivity index (χ1n) is 9.18. The van der Waals surface area contributed by atoms with E-state index in [1.54, 1.807) is 24.3 Å². The summed E-state index contributed by atoms with van der Waals surface area (Å²) in [6, 6.07) is 14.0. The molecule has 0 atom stereocenters. The van der Waals surface area contributed by atoms with E-state index < -0.39 is 10.0 Å². The molecule has 0 saturated carbocycles. The molecule has 0 heterocycles. The van der Waals surface area contributed by atoms with Crippen molar-refractivity contribution < 1.29 is 12.8 Å². The fourth-order valence-corrected chi connectivity index (χ4v) is 3.34. The molecule has 2 rings (SSSR count). The first-order chi connectivity index (χ1) is 13.4. The summed E-state index contributed by atoms with van der Waals surface area (Å²) in [6.07, 6.45) is 0.561. The van der Waals surface area contributed by atoms with E-state index in [1.165, 1.54) is 13.1 Å². The molecule has 0 aliphatic heterocycles. The SMILES string of the molecule is CCNC(=NCc1ccc(CS(=O)(=O)NC)cc1)NCCc1ccccc1F. The normalized spacial score (nSPS) is 12.0. The maximum atomic E-state index is 13.7. The number of nitrogens with one attached hydrogen (secondary N) is 3. The van der Waals surface area contributed by atoms with Crippen molar-refractivity contribution in [2.75, 3.05) is 20.1 Å². The zero-order valence-corrected chi connectivity index (χ0v) is 17.0. The third-order valence-electron chi connectivity index (χ3n) is 4.10. The number of hydrogen-bond acceptors (Lipinski definition) is 3. The molecular formula is C20H27FN4O2S. The minimum atomic E-state index is -3.28. The van der Waals surface area contributed by atoms with Crippen molar-refractivity contribution in [2.24, 2.45) is 4.99 Å². The van der Waals surface area contributed by atoms with Crippen LogP contribution in [0.4, 0.5) is 4.39 Å². The largest absolute Gasteiger partial charge is 0.357 e. The van der Waals surface area contributed by atoms with Crippen molar-refractivity contribution in [1.29, 1.82) is 0 Å². The first-order valence-corrected chi connectivity index (χ1v) is 10.8. The molecule has 28 heavy (non-hydrogen) atoms. The van der Waals surface area contributed by atoms with Crippen LogP contribution < -0.4 is 15.4 Å². The maximum Gasteiger partial charge on any atom is 0.215 e. The number of aliphatic imine (C=N–C) groups is 1. The van der Waals surface area contributed by atoms with Gasteiger partial charge in [-0.1, -0.05) is 42.5 Å². The molecule has 0 aliphatic carbocycles. The Labute approximate surface area is 166 Å². The van der Waals surface area contributed by atoms with Gasteiger partial charge in [-0.25, -0.2) is 22.5 Å². The minimum Gasteiger partial charge on any atom is -0.357 e. The Hall–Kier alpha value is -2.45. The quantitative estimate of drug-likeness (QED) is 0.440. The van der Waals surface area contributed by atoms with Crippen LogP contribution in [0.2, 0.25) is 0 Å². The zero-order valence-electron chi connectivity index (χ0n) is 16.2. The summed E-state index contributed by atoms with van der Waals surface area (Å²) in [7, 11) is -1.88. The molecule has 152 valence electrons. The smallest absolute Gasteiger partial charge is 0.215 e. The number of nitrogens with zero attached hydrogens (tertiary/aromatic N) is 1. The molecule has 0 aromatic heterocycles. The highest BCUT2D eigenvalue weighted by atomic mass is 32.2. The number of benzene rings is 2. The van der Waals surface area contributed by atoms with Gasteiger partial charge in [-0.05, 0) is 43.1 Å². The molecule has 0 spiro atoms. The Kier molecular flexibility index (Phi) is 8.41. The van der Waals surface area contributed by atoms with Gasteiger partial charge in [-0.2, -0.15) is 0 Å². The number of hydrogen-bond donors (Lipinski definition) is 3. The lowest BCUT2D eigenvalue weighted by Gasteiger charge is -2.12. The van der Waals surface area contributed by atoms with E-state index in [1.807, 2.05) is 25.1 Å². The lowest BCUT2D eigenvalue weighted by molar-refractivity contribution is 0.587. The highest BCUT2D eigenvalue weighted by molar-refractivity contribution is 7.88. The lowest BCUT2D eigenvalue weighted by atomic mass is 10.1. The van der Waals surface area contributed by atoms with E-state index in [2.05, 4.69) is 20.3 Å². The number of guanidine groups is 1. The molecule has 0 amide bonds. The predicted octanol–water partition coefficient (Wildman–Crippen LogP) is 2.17. The molecule has 3 N–H and O–H groups in total. The van der Waals surface area contributed by atoms with Crippen LogP contribution in [-0.2, 0) is 28.7 Å². The van der Waals surface area contributed by atoms with Gasteiger partial charge in [0.2, 0.25) is 10.0 Å². The highest BCUT2D eigenvalue weighted by Gasteiger charge is 2.08. The van der Waals surface area contributed by atoms with Gasteiger partial charge in [0, 0.05) is 13.1 Å². The van der Waals surface area contributed by atoms with E-state index in [4.69, 9.17) is 0 Å². The van der Waals surface area contributed by atoms with Gasteiger partial charge < -0.3 is 10.6 Å². The summed E-state index contributed by atoms with van der Waals surface area (Å²) in [5.74, 6) is 0.403. The van der Waals surface area contributed by atoms with Crippen molar-refractivity contribution in [2.45, 2.75) is 25.6 Å². The molecule has 2 aromatic rings. The van der Waals surface area contributed by atoms with Gasteiger partial charge in [0.1, 0.15) is 5.82 Å². The summed E-state index contributed by atoms with van der Waals surface area (Å²) >= 11 is 0. The van der Waals surface area contributed by atoms with Crippen LogP contribution in [0, 0.1) is 5.82 Å². The third-order valence-corrected chi connectivity index (χ3v) is 5.43. The fourth-order valence-electron chi connectivity index (χ4n) is 2.56. The van der Waals surface area contributed by atoms with Crippen molar-refractivity contribution in [3.8, 4) is 0 Å². The predicted molar refractivity (Wildman–Crippen MR) is 111 cm³/mol. The molecule has 0 bridgehead atoms. The summed E-state index contributed by atoms with van der Waals surface area (Å²) in [5, 5.41) is 6.36. The molecular weight excluding hydrogens is 379 g/mol. The Morgan fingerprint density at radius 2 is 1.71 bits per heavy atom. The van der Waals surface area contributed by atoms with Crippen LogP contribution in [0.3, 0.4) is 0 Å². The summed E-state index contributed by atoms with van der Waals surface area (Å²) in [5.41, 5.74) is 2.35. The lowest BCUT2D eigenvalue weighted by Crippen LogP contribution is -2.38. The standard InChI is InChI=1S/C20H27FN4O2S/c1-3-23-20(24-13-12-18-6-4-5-7-19(18)21)25-14-16-8-10-17(11-9-16)15-28(26,27)22-2/h4-11,22H,3,12-15H2,1-2H3,(H2,23,24,25). The molecule has 0 saturated heterocycles. The van der Waals surface area contributed by atoms with Crippen LogP contribution in [0.15, 0.2) is 53.5 Å². The van der Waals surface area contributed by atoms with Crippen LogP contribution in [0.5, 0.6) is 0 Å². The van der Waals surface area contributed by atoms with Gasteiger partial charge in [-0.15, -0.1) is 0 Å². The average molecular weight is 407 g/mol. The molecule has 0 fully saturated rings. The van der Waals surface area contributed by atoms with Gasteiger partial charge in [-0.3, -0.25) is 0 Å². The molecule has 2 aromatic carbocycles. The number of sulfonamides is 1. The number of halogens is 1. The van der Waals surface area contributed by atoms with E-state index in [9.17, 15) is 12.8 Å². The van der Waals surface area contributed by atoms with Gasteiger partial charge in [0.25, 0.3) is 0 Å². The van der Waals surface area contributed by atoms with Crippen LogP contribution >= 0.6 is 0 Å². The van der Waals surface area contributed by atoms with Gasteiger partial charge >= 0.3 is 0 Å². The minimum absolute atomic E-state index is 0.0483. The molecule has 6 nitrogen and oxygen atoms in total. The summed E-state index contributed by atoms with van der Waals surface area (Å²) in [4.78, 5) is 4.53. The van der Waals surface area contributed by atoms with E-state index in [-0.39, 0.29) is 11.6 Å². The van der Waals surface area contributed by atoms with E-state index >= 15 is 0 Å². The third kappa shape index (κ3) is 7.28. The first kappa shape index (κ1) is 21.8. The van der Waals surface area contributed by atoms with Crippen molar-refractivity contribution in [3.63, 3.8) is 0 Å². The topological polar surface area (TPSA) is 82.6 Å². The fraction of sp³-hybridized carbons (Fsp3) is 0.350. The number of rotatable bonds is 9. The monoisotopic (exact) mass is 406 g/mol. The second-order valence-corrected chi connectivity index (χ2v) is 8.17. The maximum absolute atomic E-state index is 13.7. The van der Waals surface area contributed by atoms with Crippen molar-refractivity contribution in [3.05, 3.63) is 71.0 Å². The van der Waals surface area contributed by atoms with Crippen LogP contribution in [0.1, 0.15) is 23.6 Å². The molecule has 8 heteroatoms. The Morgan fingerprint density at radius 1 is 1.04 bits per heavy atom. The Bertz CT molecular complexity index is 883. The molecule has 0 radical (unpaired) electrons. The van der Waals surface area contributed by atoms with Gasteiger partial charge in [0.15, 0.2) is 5.96 Å². The van der Waals surface area contributed by atoms with E-state index in [0.29, 0.717) is 37.6 Å². The van der Waals surface area contributed by atoms with Crippen LogP contribution in [-0.4, -0.2) is 34.5 Å². The van der Waals surface area contributed by atoms with Crippen LogP contribution in [0.25, 0.3) is 0 Å². The second-order valence-electron chi connectivity index (χ2n) is 6.24. The van der Waals surface area contributed by atoms with Crippen molar-refractivity contribution >= 4 is 16.0 Å². The van der Waals surface area contributed by atoms with E-state index in [0.717, 1.165) is 11.1 Å². The summed E-state index contributed by atoms with van der Waals surface area (Å²) in [6.45, 7) is 3.71. The highest BCUT2D eigenvalue weighted by Crippen LogP contribution is 2.09. The Morgan fingerprint density at radius 3 is 2.36 bits per heavy atom. The molecule has 0 aliphatic rings. The Balaban J connectivity index is 1.91. The van der Waals surface area contributed by atoms with Gasteiger partial charge in [0.05, 0.1) is 12.3 Å². The zero-order chi connectivity index (χ0) is 20.4. The average Bonchev–Trinajstić information content (AvgIpc) is 2.68. The van der Waals surface area contributed by atoms with Crippen molar-refractivity contribution in [1.82, 2.24) is 15.4 Å². The summed E-state index contributed by atoms with van der Waals surface area (Å²) < 4.78 is 39.2. The second kappa shape index (κ2) is 10.8.